The van der Waals surface area contributed by atoms with Crippen LogP contribution in [-0.2, 0) is 14.3 Å². The molecule has 3 aliphatic heterocycles. The highest BCUT2D eigenvalue weighted by atomic mass is 16.6. The van der Waals surface area contributed by atoms with Crippen molar-refractivity contribution in [1.82, 2.24) is 24.5 Å². The molecule has 3 saturated heterocycles. The van der Waals surface area contributed by atoms with E-state index >= 15 is 0 Å². The summed E-state index contributed by atoms with van der Waals surface area (Å²) < 4.78 is 10.5. The Balaban J connectivity index is 1.18. The van der Waals surface area contributed by atoms with Gasteiger partial charge in [0, 0.05) is 78.0 Å². The molecule has 2 unspecified atom stereocenters. The Hall–Kier alpha value is -1.42. The molecule has 3 heterocycles. The van der Waals surface area contributed by atoms with Crippen LogP contribution in [0.3, 0.4) is 0 Å². The van der Waals surface area contributed by atoms with Crippen molar-refractivity contribution in [3.05, 3.63) is 0 Å². The van der Waals surface area contributed by atoms with Crippen molar-refractivity contribution >= 4 is 12.1 Å². The van der Waals surface area contributed by atoms with Crippen molar-refractivity contribution in [3.63, 3.8) is 0 Å². The van der Waals surface area contributed by atoms with Crippen molar-refractivity contribution in [1.29, 1.82) is 0 Å². The van der Waals surface area contributed by atoms with E-state index in [0.717, 1.165) is 78.0 Å². The molecule has 170 valence electrons. The molecule has 4 rings (SSSR count). The van der Waals surface area contributed by atoms with Gasteiger partial charge in [0.05, 0.1) is 19.6 Å². The minimum Gasteiger partial charge on any atom is -0.469 e. The Morgan fingerprint density at radius 1 is 0.933 bits per heavy atom. The molecular weight excluding hydrogens is 386 g/mol. The van der Waals surface area contributed by atoms with E-state index < -0.39 is 0 Å². The van der Waals surface area contributed by atoms with E-state index in [1.165, 1.54) is 20.0 Å². The van der Waals surface area contributed by atoms with Crippen molar-refractivity contribution in [2.24, 2.45) is 0 Å². The predicted octanol–water partition coefficient (Wildman–Crippen LogP) is 0.114. The SMILES string of the molecule is COC(=O)CCN1CCN(C2OC(=O)N(CCN3CCN(C4CC4)CC3)C2C)CC1. The monoisotopic (exact) mass is 423 g/mol. The number of cyclic esters (lactones) is 1. The molecule has 1 saturated carbocycles. The molecule has 0 aromatic heterocycles. The molecule has 0 radical (unpaired) electrons. The van der Waals surface area contributed by atoms with Crippen LogP contribution in [-0.4, -0.2) is 134 Å². The van der Waals surface area contributed by atoms with Crippen LogP contribution in [0.4, 0.5) is 4.79 Å². The summed E-state index contributed by atoms with van der Waals surface area (Å²) in [5, 5.41) is 0. The number of hydrogen-bond acceptors (Lipinski definition) is 8. The zero-order valence-electron chi connectivity index (χ0n) is 18.5. The molecule has 30 heavy (non-hydrogen) atoms. The Morgan fingerprint density at radius 3 is 2.13 bits per heavy atom. The van der Waals surface area contributed by atoms with E-state index in [-0.39, 0.29) is 24.3 Å². The largest absolute Gasteiger partial charge is 0.469 e. The Labute approximate surface area is 179 Å². The topological polar surface area (TPSA) is 68.8 Å². The molecule has 1 amide bonds. The van der Waals surface area contributed by atoms with Gasteiger partial charge in [-0.25, -0.2) is 4.79 Å². The van der Waals surface area contributed by atoms with Crippen LogP contribution in [0.5, 0.6) is 0 Å². The molecule has 0 bridgehead atoms. The van der Waals surface area contributed by atoms with Crippen LogP contribution in [0.15, 0.2) is 0 Å². The smallest absolute Gasteiger partial charge is 0.411 e. The van der Waals surface area contributed by atoms with Gasteiger partial charge in [0.25, 0.3) is 0 Å². The first-order valence-corrected chi connectivity index (χ1v) is 11.5. The lowest BCUT2D eigenvalue weighted by atomic mass is 10.2. The lowest BCUT2D eigenvalue weighted by Gasteiger charge is -2.38. The number of amides is 1. The molecule has 0 aromatic rings. The minimum atomic E-state index is -0.183. The predicted molar refractivity (Wildman–Crippen MR) is 112 cm³/mol. The standard InChI is InChI=1S/C21H37N5O4/c1-17-20(25-14-9-22(10-15-25)6-5-19(27)29-2)30-21(28)26(17)16-11-23-7-12-24(13-8-23)18-3-4-18/h17-18,20H,3-16H2,1-2H3. The fourth-order valence-corrected chi connectivity index (χ4v) is 4.90. The fraction of sp³-hybridized carbons (Fsp3) is 0.905. The zero-order chi connectivity index (χ0) is 21.1. The van der Waals surface area contributed by atoms with Gasteiger partial charge in [0.2, 0.25) is 0 Å². The number of hydrogen-bond donors (Lipinski definition) is 0. The van der Waals surface area contributed by atoms with Gasteiger partial charge in [0.1, 0.15) is 0 Å². The molecule has 0 spiro atoms. The molecule has 9 nitrogen and oxygen atoms in total. The van der Waals surface area contributed by atoms with Crippen molar-refractivity contribution in [2.45, 2.75) is 44.5 Å². The first-order valence-electron chi connectivity index (χ1n) is 11.5. The number of methoxy groups -OCH3 is 1. The molecule has 4 aliphatic rings. The van der Waals surface area contributed by atoms with E-state index in [1.54, 1.807) is 0 Å². The van der Waals surface area contributed by atoms with E-state index in [1.807, 2.05) is 4.90 Å². The van der Waals surface area contributed by atoms with Crippen LogP contribution >= 0.6 is 0 Å². The van der Waals surface area contributed by atoms with E-state index in [2.05, 4.69) is 26.5 Å². The van der Waals surface area contributed by atoms with Crippen LogP contribution in [0, 0.1) is 0 Å². The van der Waals surface area contributed by atoms with Crippen molar-refractivity contribution in [3.8, 4) is 0 Å². The van der Waals surface area contributed by atoms with Gasteiger partial charge in [-0.05, 0) is 19.8 Å². The number of carbonyl (C=O) groups is 2. The third-order valence-electron chi connectivity index (χ3n) is 7.11. The van der Waals surface area contributed by atoms with Gasteiger partial charge in [-0.3, -0.25) is 24.4 Å². The molecule has 0 N–H and O–H groups in total. The van der Waals surface area contributed by atoms with E-state index in [9.17, 15) is 9.59 Å². The normalized spacial score (nSPS) is 29.9. The maximum atomic E-state index is 12.5. The quantitative estimate of drug-likeness (QED) is 0.510. The average Bonchev–Trinajstić information content (AvgIpc) is 3.58. The molecule has 0 aromatic carbocycles. The molecular formula is C21H37N5O4. The second-order valence-electron chi connectivity index (χ2n) is 9.02. The minimum absolute atomic E-state index is 0.0619. The maximum Gasteiger partial charge on any atom is 0.411 e. The second-order valence-corrected chi connectivity index (χ2v) is 9.02. The van der Waals surface area contributed by atoms with Gasteiger partial charge < -0.3 is 14.4 Å². The number of nitrogens with zero attached hydrogens (tertiary/aromatic N) is 5. The van der Waals surface area contributed by atoms with Crippen molar-refractivity contribution in [2.75, 3.05) is 79.1 Å². The van der Waals surface area contributed by atoms with Crippen LogP contribution < -0.4 is 0 Å². The summed E-state index contributed by atoms with van der Waals surface area (Å²) in [6, 6.07) is 0.911. The Kier molecular flexibility index (Phi) is 7.12. The first kappa shape index (κ1) is 21.8. The highest BCUT2D eigenvalue weighted by Crippen LogP contribution is 2.27. The molecule has 9 heteroatoms. The van der Waals surface area contributed by atoms with Gasteiger partial charge in [-0.15, -0.1) is 0 Å². The molecule has 1 aliphatic carbocycles. The summed E-state index contributed by atoms with van der Waals surface area (Å²) in [6.45, 7) is 12.5. The zero-order valence-corrected chi connectivity index (χ0v) is 18.5. The third-order valence-corrected chi connectivity index (χ3v) is 7.11. The summed E-state index contributed by atoms with van der Waals surface area (Å²) in [5.41, 5.74) is 0. The first-order chi connectivity index (χ1) is 14.5. The summed E-state index contributed by atoms with van der Waals surface area (Å²) in [4.78, 5) is 35.4. The maximum absolute atomic E-state index is 12.5. The number of piperazine rings is 2. The Bertz CT molecular complexity index is 600. The Morgan fingerprint density at radius 2 is 1.53 bits per heavy atom. The molecule has 4 fully saturated rings. The summed E-state index contributed by atoms with van der Waals surface area (Å²) in [5.74, 6) is -0.166. The summed E-state index contributed by atoms with van der Waals surface area (Å²) in [7, 11) is 1.43. The highest BCUT2D eigenvalue weighted by Gasteiger charge is 2.42. The summed E-state index contributed by atoms with van der Waals surface area (Å²) in [6.07, 6.45) is 2.81. The number of rotatable bonds is 8. The van der Waals surface area contributed by atoms with Crippen molar-refractivity contribution < 1.29 is 19.1 Å². The molecule has 2 atom stereocenters. The summed E-state index contributed by atoms with van der Waals surface area (Å²) >= 11 is 0. The van der Waals surface area contributed by atoms with E-state index in [0.29, 0.717) is 6.42 Å². The van der Waals surface area contributed by atoms with E-state index in [4.69, 9.17) is 9.47 Å². The number of esters is 1. The average molecular weight is 424 g/mol. The lowest BCUT2D eigenvalue weighted by molar-refractivity contribution is -0.141. The fourth-order valence-electron chi connectivity index (χ4n) is 4.90. The lowest BCUT2D eigenvalue weighted by Crippen LogP contribution is -2.54. The van der Waals surface area contributed by atoms with Crippen LogP contribution in [0.25, 0.3) is 0 Å². The van der Waals surface area contributed by atoms with Gasteiger partial charge >= 0.3 is 12.1 Å². The van der Waals surface area contributed by atoms with Gasteiger partial charge in [-0.2, -0.15) is 0 Å². The second kappa shape index (κ2) is 9.80. The number of carbonyl (C=O) groups excluding carboxylic acids is 2. The van der Waals surface area contributed by atoms with Crippen LogP contribution in [0.1, 0.15) is 26.2 Å². The van der Waals surface area contributed by atoms with Crippen LogP contribution in [0.2, 0.25) is 0 Å². The number of ether oxygens (including phenoxy) is 2. The third kappa shape index (κ3) is 5.25. The van der Waals surface area contributed by atoms with Gasteiger partial charge in [0.15, 0.2) is 6.23 Å². The van der Waals surface area contributed by atoms with Gasteiger partial charge in [-0.1, -0.05) is 0 Å². The highest BCUT2D eigenvalue weighted by molar-refractivity contribution is 5.70.